The Hall–Kier alpha value is -3.22. The van der Waals surface area contributed by atoms with Crippen molar-refractivity contribution >= 4 is 11.8 Å². The number of rotatable bonds is 10. The van der Waals surface area contributed by atoms with E-state index >= 15 is 0 Å². The molecule has 0 bridgehead atoms. The lowest BCUT2D eigenvalue weighted by molar-refractivity contribution is 0.0378. The van der Waals surface area contributed by atoms with Crippen LogP contribution in [0.25, 0.3) is 0 Å². The number of anilines is 1. The highest BCUT2D eigenvalue weighted by atomic mass is 16.5. The van der Waals surface area contributed by atoms with Gasteiger partial charge in [0.1, 0.15) is 11.4 Å². The number of piperazine rings is 1. The van der Waals surface area contributed by atoms with Crippen molar-refractivity contribution in [2.24, 2.45) is 0 Å². The summed E-state index contributed by atoms with van der Waals surface area (Å²) in [6.07, 6.45) is 1.60. The average molecular weight is 501 g/mol. The van der Waals surface area contributed by atoms with Crippen LogP contribution in [0.15, 0.2) is 66.9 Å². The van der Waals surface area contributed by atoms with Gasteiger partial charge in [0.05, 0.1) is 6.10 Å². The third-order valence-electron chi connectivity index (χ3n) is 6.83. The Kier molecular flexibility index (Phi) is 9.31. The standard InChI is InChI=1S/C31H40N4O2/c1-5-33(21-26-10-8-25(4)9-11-26)22-27-12-14-28(15-13-27)23-34-17-19-35(20-18-34)30-29(7-6-16-32-30)31(36)37-24(2)3/h6-16,24H,5,17-23H2,1-4H3. The van der Waals surface area contributed by atoms with Crippen molar-refractivity contribution in [3.8, 4) is 0 Å². The summed E-state index contributed by atoms with van der Waals surface area (Å²) >= 11 is 0. The molecule has 2 heterocycles. The van der Waals surface area contributed by atoms with Crippen LogP contribution in [0.3, 0.4) is 0 Å². The molecule has 0 unspecified atom stereocenters. The predicted molar refractivity (Wildman–Crippen MR) is 150 cm³/mol. The van der Waals surface area contributed by atoms with Crippen LogP contribution in [0.5, 0.6) is 0 Å². The highest BCUT2D eigenvalue weighted by Gasteiger charge is 2.23. The molecule has 1 aliphatic rings. The Morgan fingerprint density at radius 2 is 1.51 bits per heavy atom. The number of carbonyl (C=O) groups is 1. The summed E-state index contributed by atoms with van der Waals surface area (Å²) in [5.74, 6) is 0.421. The van der Waals surface area contributed by atoms with Crippen LogP contribution in [0.2, 0.25) is 0 Å². The fraction of sp³-hybridized carbons (Fsp3) is 0.419. The lowest BCUT2D eigenvalue weighted by Gasteiger charge is -2.36. The van der Waals surface area contributed by atoms with Gasteiger partial charge in [-0.2, -0.15) is 0 Å². The molecule has 1 aromatic heterocycles. The topological polar surface area (TPSA) is 48.9 Å². The molecule has 6 nitrogen and oxygen atoms in total. The molecule has 1 saturated heterocycles. The summed E-state index contributed by atoms with van der Waals surface area (Å²) in [5.41, 5.74) is 5.88. The van der Waals surface area contributed by atoms with E-state index in [2.05, 4.69) is 82.1 Å². The van der Waals surface area contributed by atoms with Gasteiger partial charge >= 0.3 is 5.97 Å². The van der Waals surface area contributed by atoms with Gasteiger partial charge in [0.25, 0.3) is 0 Å². The molecular weight excluding hydrogens is 460 g/mol. The fourth-order valence-electron chi connectivity index (χ4n) is 4.70. The Labute approximate surface area is 221 Å². The first kappa shape index (κ1) is 26.8. The van der Waals surface area contributed by atoms with Gasteiger partial charge < -0.3 is 9.64 Å². The van der Waals surface area contributed by atoms with E-state index in [1.807, 2.05) is 13.8 Å². The van der Waals surface area contributed by atoms with Crippen LogP contribution < -0.4 is 4.90 Å². The number of aromatic nitrogens is 1. The molecule has 0 atom stereocenters. The molecule has 1 fully saturated rings. The van der Waals surface area contributed by atoms with Crippen molar-refractivity contribution in [3.05, 3.63) is 94.7 Å². The smallest absolute Gasteiger partial charge is 0.342 e. The highest BCUT2D eigenvalue weighted by molar-refractivity contribution is 5.94. The van der Waals surface area contributed by atoms with Crippen LogP contribution in [0, 0.1) is 6.92 Å². The van der Waals surface area contributed by atoms with Crippen molar-refractivity contribution in [2.75, 3.05) is 37.6 Å². The maximum absolute atomic E-state index is 12.5. The third-order valence-corrected chi connectivity index (χ3v) is 6.83. The van der Waals surface area contributed by atoms with Crippen molar-refractivity contribution < 1.29 is 9.53 Å². The second-order valence-corrected chi connectivity index (χ2v) is 10.2. The van der Waals surface area contributed by atoms with Crippen molar-refractivity contribution in [1.82, 2.24) is 14.8 Å². The zero-order valence-electron chi connectivity index (χ0n) is 22.7. The average Bonchev–Trinajstić information content (AvgIpc) is 2.90. The van der Waals surface area contributed by atoms with Gasteiger partial charge in [0, 0.05) is 52.0 Å². The summed E-state index contributed by atoms with van der Waals surface area (Å²) in [5, 5.41) is 0. The largest absolute Gasteiger partial charge is 0.459 e. The summed E-state index contributed by atoms with van der Waals surface area (Å²) in [7, 11) is 0. The number of hydrogen-bond acceptors (Lipinski definition) is 6. The minimum absolute atomic E-state index is 0.151. The third kappa shape index (κ3) is 7.63. The SMILES string of the molecule is CCN(Cc1ccc(C)cc1)Cc1ccc(CN2CCN(c3ncccc3C(=O)OC(C)C)CC2)cc1. The van der Waals surface area contributed by atoms with E-state index < -0.39 is 0 Å². The first-order valence-corrected chi connectivity index (χ1v) is 13.4. The number of aryl methyl sites for hydroxylation is 1. The van der Waals surface area contributed by atoms with Crippen LogP contribution >= 0.6 is 0 Å². The number of esters is 1. The van der Waals surface area contributed by atoms with Crippen LogP contribution in [-0.4, -0.2) is 59.6 Å². The Morgan fingerprint density at radius 1 is 0.919 bits per heavy atom. The maximum Gasteiger partial charge on any atom is 0.342 e. The molecule has 3 aromatic rings. The summed E-state index contributed by atoms with van der Waals surface area (Å²) in [4.78, 5) is 24.2. The van der Waals surface area contributed by atoms with Crippen LogP contribution in [-0.2, 0) is 24.4 Å². The number of pyridine rings is 1. The van der Waals surface area contributed by atoms with Gasteiger partial charge in [-0.3, -0.25) is 9.80 Å². The van der Waals surface area contributed by atoms with E-state index in [9.17, 15) is 4.79 Å². The lowest BCUT2D eigenvalue weighted by Crippen LogP contribution is -2.46. The van der Waals surface area contributed by atoms with Gasteiger partial charge in [-0.15, -0.1) is 0 Å². The number of carbonyl (C=O) groups excluding carboxylic acids is 1. The fourth-order valence-corrected chi connectivity index (χ4v) is 4.70. The Bertz CT molecular complexity index is 1140. The second-order valence-electron chi connectivity index (χ2n) is 10.2. The van der Waals surface area contributed by atoms with Gasteiger partial charge in [0.2, 0.25) is 0 Å². The van der Waals surface area contributed by atoms with Gasteiger partial charge in [0.15, 0.2) is 0 Å². The quantitative estimate of drug-likeness (QED) is 0.352. The summed E-state index contributed by atoms with van der Waals surface area (Å²) in [6.45, 7) is 15.5. The first-order chi connectivity index (χ1) is 17.9. The molecule has 0 spiro atoms. The Balaban J connectivity index is 1.29. The number of ether oxygens (including phenoxy) is 1. The van der Waals surface area contributed by atoms with Gasteiger partial charge in [-0.25, -0.2) is 9.78 Å². The van der Waals surface area contributed by atoms with E-state index in [1.54, 1.807) is 18.3 Å². The molecular formula is C31H40N4O2. The summed E-state index contributed by atoms with van der Waals surface area (Å²) < 4.78 is 5.42. The zero-order chi connectivity index (χ0) is 26.2. The lowest BCUT2D eigenvalue weighted by atomic mass is 10.1. The second kappa shape index (κ2) is 12.8. The minimum Gasteiger partial charge on any atom is -0.459 e. The Morgan fingerprint density at radius 3 is 2.11 bits per heavy atom. The van der Waals surface area contributed by atoms with E-state index in [-0.39, 0.29) is 12.1 Å². The van der Waals surface area contributed by atoms with E-state index in [4.69, 9.17) is 4.74 Å². The van der Waals surface area contributed by atoms with Gasteiger partial charge in [-0.1, -0.05) is 61.0 Å². The molecule has 0 radical (unpaired) electrons. The van der Waals surface area contributed by atoms with E-state index in [0.29, 0.717) is 5.56 Å². The molecule has 1 aliphatic heterocycles. The molecule has 0 amide bonds. The molecule has 37 heavy (non-hydrogen) atoms. The first-order valence-electron chi connectivity index (χ1n) is 13.4. The van der Waals surface area contributed by atoms with Crippen LogP contribution in [0.4, 0.5) is 5.82 Å². The van der Waals surface area contributed by atoms with Crippen molar-refractivity contribution in [1.29, 1.82) is 0 Å². The monoisotopic (exact) mass is 500 g/mol. The minimum atomic E-state index is -0.305. The maximum atomic E-state index is 12.5. The van der Waals surface area contributed by atoms with Gasteiger partial charge in [-0.05, 0) is 56.1 Å². The molecule has 0 aliphatic carbocycles. The highest BCUT2D eigenvalue weighted by Crippen LogP contribution is 2.21. The molecule has 2 aromatic carbocycles. The predicted octanol–water partition coefficient (Wildman–Crippen LogP) is 5.30. The number of hydrogen-bond donors (Lipinski definition) is 0. The summed E-state index contributed by atoms with van der Waals surface area (Å²) in [6, 6.07) is 21.5. The molecule has 4 rings (SSSR count). The molecule has 196 valence electrons. The van der Waals surface area contributed by atoms with Crippen molar-refractivity contribution in [2.45, 2.75) is 53.4 Å². The van der Waals surface area contributed by atoms with Crippen LogP contribution in [0.1, 0.15) is 53.4 Å². The normalized spacial score (nSPS) is 14.4. The molecule has 0 saturated carbocycles. The molecule has 0 N–H and O–H groups in total. The molecule has 6 heteroatoms. The zero-order valence-corrected chi connectivity index (χ0v) is 22.7. The van der Waals surface area contributed by atoms with E-state index in [1.165, 1.54) is 22.3 Å². The number of benzene rings is 2. The number of nitrogens with zero attached hydrogens (tertiary/aromatic N) is 4. The van der Waals surface area contributed by atoms with Crippen molar-refractivity contribution in [3.63, 3.8) is 0 Å². The van der Waals surface area contributed by atoms with E-state index in [0.717, 1.165) is 58.2 Å².